The summed E-state index contributed by atoms with van der Waals surface area (Å²) in [6, 6.07) is 2.12. The molecule has 0 radical (unpaired) electrons. The van der Waals surface area contributed by atoms with Gasteiger partial charge < -0.3 is 9.88 Å². The fourth-order valence-electron chi connectivity index (χ4n) is 1.74. The number of aromatic amines is 1. The van der Waals surface area contributed by atoms with Crippen molar-refractivity contribution in [1.82, 2.24) is 9.88 Å². The minimum atomic E-state index is 1.01. The highest BCUT2D eigenvalue weighted by Gasteiger charge is 2.15. The summed E-state index contributed by atoms with van der Waals surface area (Å²) in [5.41, 5.74) is 2.62. The zero-order valence-corrected chi connectivity index (χ0v) is 9.97. The molecule has 0 bridgehead atoms. The van der Waals surface area contributed by atoms with E-state index in [-0.39, 0.29) is 0 Å². The number of nitrogens with zero attached hydrogens (tertiary/aromatic N) is 1. The highest BCUT2D eigenvalue weighted by molar-refractivity contribution is 9.15. The quantitative estimate of drug-likeness (QED) is 0.877. The van der Waals surface area contributed by atoms with Crippen molar-refractivity contribution in [3.63, 3.8) is 0 Å². The molecule has 76 valence electrons. The van der Waals surface area contributed by atoms with E-state index in [0.717, 1.165) is 13.1 Å². The van der Waals surface area contributed by atoms with Crippen LogP contribution in [0.2, 0.25) is 0 Å². The summed E-state index contributed by atoms with van der Waals surface area (Å²) in [5.74, 6) is 0. The van der Waals surface area contributed by atoms with E-state index in [1.54, 1.807) is 0 Å². The Morgan fingerprint density at radius 1 is 1.57 bits per heavy atom. The molecule has 0 fully saturated rings. The standard InChI is InChI=1S/C11H15BrN2/c1-2-3-6-14-7-10(12)9-4-5-13-11(9)8-14/h4-5,7,13H,2-3,6,8H2,1H3. The van der Waals surface area contributed by atoms with Crippen LogP contribution in [-0.2, 0) is 6.54 Å². The molecule has 0 aliphatic carbocycles. The van der Waals surface area contributed by atoms with Gasteiger partial charge in [-0.25, -0.2) is 0 Å². The third-order valence-electron chi connectivity index (χ3n) is 2.55. The van der Waals surface area contributed by atoms with Crippen LogP contribution in [0.25, 0.3) is 4.48 Å². The first-order valence-corrected chi connectivity index (χ1v) is 5.88. The number of nitrogens with one attached hydrogen (secondary N) is 1. The average Bonchev–Trinajstić information content (AvgIpc) is 2.63. The van der Waals surface area contributed by atoms with Gasteiger partial charge in [-0.1, -0.05) is 13.3 Å². The topological polar surface area (TPSA) is 19.0 Å². The largest absolute Gasteiger partial charge is 0.371 e. The highest BCUT2D eigenvalue weighted by atomic mass is 79.9. The van der Waals surface area contributed by atoms with Crippen LogP contribution in [0.15, 0.2) is 18.5 Å². The molecule has 0 atom stereocenters. The van der Waals surface area contributed by atoms with Gasteiger partial charge in [0.25, 0.3) is 0 Å². The molecule has 1 aromatic rings. The summed E-state index contributed by atoms with van der Waals surface area (Å²) in [7, 11) is 0. The SMILES string of the molecule is CCCCN1C=C(Br)c2cc[nH]c2C1. The van der Waals surface area contributed by atoms with E-state index in [1.165, 1.54) is 28.6 Å². The monoisotopic (exact) mass is 254 g/mol. The molecule has 2 nitrogen and oxygen atoms in total. The number of H-pyrrole nitrogens is 1. The van der Waals surface area contributed by atoms with Crippen molar-refractivity contribution < 1.29 is 0 Å². The van der Waals surface area contributed by atoms with Crippen molar-refractivity contribution in [2.24, 2.45) is 0 Å². The number of hydrogen-bond acceptors (Lipinski definition) is 1. The van der Waals surface area contributed by atoms with Gasteiger partial charge in [0.05, 0.1) is 6.54 Å². The summed E-state index contributed by atoms with van der Waals surface area (Å²) in [6.07, 6.45) is 6.71. The van der Waals surface area contributed by atoms with Crippen molar-refractivity contribution in [2.45, 2.75) is 26.3 Å². The fourth-order valence-corrected chi connectivity index (χ4v) is 2.40. The van der Waals surface area contributed by atoms with Crippen LogP contribution in [0, 0.1) is 0 Å². The molecule has 3 heteroatoms. The Balaban J connectivity index is 2.11. The van der Waals surface area contributed by atoms with Crippen molar-refractivity contribution in [1.29, 1.82) is 0 Å². The number of fused-ring (bicyclic) bond motifs is 1. The second-order valence-corrected chi connectivity index (χ2v) is 4.53. The van der Waals surface area contributed by atoms with E-state index in [2.05, 4.69) is 45.0 Å². The highest BCUT2D eigenvalue weighted by Crippen LogP contribution is 2.30. The Morgan fingerprint density at radius 3 is 3.21 bits per heavy atom. The predicted octanol–water partition coefficient (Wildman–Crippen LogP) is 3.32. The van der Waals surface area contributed by atoms with Crippen LogP contribution in [0.5, 0.6) is 0 Å². The molecule has 0 saturated heterocycles. The van der Waals surface area contributed by atoms with Crippen LogP contribution < -0.4 is 0 Å². The van der Waals surface area contributed by atoms with E-state index in [4.69, 9.17) is 0 Å². The van der Waals surface area contributed by atoms with Gasteiger partial charge in [-0.3, -0.25) is 0 Å². The third-order valence-corrected chi connectivity index (χ3v) is 3.18. The Kier molecular flexibility index (Phi) is 2.96. The molecule has 1 aromatic heterocycles. The molecule has 1 aliphatic heterocycles. The maximum absolute atomic E-state index is 3.60. The van der Waals surface area contributed by atoms with Crippen LogP contribution in [0.4, 0.5) is 0 Å². The lowest BCUT2D eigenvalue weighted by atomic mass is 10.1. The van der Waals surface area contributed by atoms with Gasteiger partial charge in [-0.05, 0) is 28.4 Å². The summed E-state index contributed by atoms with van der Waals surface area (Å²) in [5, 5.41) is 0. The summed E-state index contributed by atoms with van der Waals surface area (Å²) in [4.78, 5) is 5.64. The zero-order chi connectivity index (χ0) is 9.97. The van der Waals surface area contributed by atoms with E-state index in [9.17, 15) is 0 Å². The first kappa shape index (κ1) is 9.84. The molecule has 2 rings (SSSR count). The van der Waals surface area contributed by atoms with E-state index >= 15 is 0 Å². The summed E-state index contributed by atoms with van der Waals surface area (Å²) in [6.45, 7) is 4.38. The smallest absolute Gasteiger partial charge is 0.0581 e. The molecule has 0 saturated carbocycles. The molecule has 0 unspecified atom stereocenters. The van der Waals surface area contributed by atoms with Crippen LogP contribution in [-0.4, -0.2) is 16.4 Å². The van der Waals surface area contributed by atoms with Gasteiger partial charge in [0.15, 0.2) is 0 Å². The molecule has 2 heterocycles. The molecular weight excluding hydrogens is 240 g/mol. The van der Waals surface area contributed by atoms with Gasteiger partial charge in [0.2, 0.25) is 0 Å². The molecule has 1 aliphatic rings. The van der Waals surface area contributed by atoms with Gasteiger partial charge >= 0.3 is 0 Å². The van der Waals surface area contributed by atoms with Gasteiger partial charge in [0, 0.05) is 34.7 Å². The number of rotatable bonds is 3. The molecule has 14 heavy (non-hydrogen) atoms. The molecular formula is C11H15BrN2. The maximum Gasteiger partial charge on any atom is 0.0581 e. The molecule has 0 aromatic carbocycles. The number of halogens is 1. The second-order valence-electron chi connectivity index (χ2n) is 3.67. The van der Waals surface area contributed by atoms with E-state index in [0.29, 0.717) is 0 Å². The van der Waals surface area contributed by atoms with Gasteiger partial charge in [0.1, 0.15) is 0 Å². The Morgan fingerprint density at radius 2 is 2.43 bits per heavy atom. The van der Waals surface area contributed by atoms with Crippen molar-refractivity contribution in [3.8, 4) is 0 Å². The first-order chi connectivity index (χ1) is 6.81. The first-order valence-electron chi connectivity index (χ1n) is 5.09. The minimum Gasteiger partial charge on any atom is -0.371 e. The van der Waals surface area contributed by atoms with Crippen molar-refractivity contribution in [2.75, 3.05) is 6.54 Å². The maximum atomic E-state index is 3.60. The average molecular weight is 255 g/mol. The third kappa shape index (κ3) is 1.87. The Labute approximate surface area is 93.1 Å². The van der Waals surface area contributed by atoms with Gasteiger partial charge in [-0.15, -0.1) is 0 Å². The molecule has 0 amide bonds. The van der Waals surface area contributed by atoms with E-state index in [1.807, 2.05) is 6.20 Å². The predicted molar refractivity (Wildman–Crippen MR) is 63.0 cm³/mol. The van der Waals surface area contributed by atoms with Crippen LogP contribution >= 0.6 is 15.9 Å². The lowest BCUT2D eigenvalue weighted by Gasteiger charge is -2.25. The Hall–Kier alpha value is -0.700. The fraction of sp³-hybridized carbons (Fsp3) is 0.455. The van der Waals surface area contributed by atoms with Gasteiger partial charge in [-0.2, -0.15) is 0 Å². The number of unbranched alkanes of at least 4 members (excludes halogenated alkanes) is 1. The van der Waals surface area contributed by atoms with Crippen LogP contribution in [0.3, 0.4) is 0 Å². The zero-order valence-electron chi connectivity index (χ0n) is 8.39. The normalized spacial score (nSPS) is 15.3. The van der Waals surface area contributed by atoms with Crippen LogP contribution in [0.1, 0.15) is 31.0 Å². The van der Waals surface area contributed by atoms with E-state index < -0.39 is 0 Å². The van der Waals surface area contributed by atoms with Crippen molar-refractivity contribution >= 4 is 20.4 Å². The molecule has 0 spiro atoms. The summed E-state index contributed by atoms with van der Waals surface area (Å²) >= 11 is 3.60. The summed E-state index contributed by atoms with van der Waals surface area (Å²) < 4.78 is 1.19. The molecule has 1 N–H and O–H groups in total. The number of hydrogen-bond donors (Lipinski definition) is 1. The Bertz CT molecular complexity index is 341. The van der Waals surface area contributed by atoms with Crippen molar-refractivity contribution in [3.05, 3.63) is 29.7 Å². The second kappa shape index (κ2) is 4.22. The lowest BCUT2D eigenvalue weighted by Crippen LogP contribution is -2.21. The lowest BCUT2D eigenvalue weighted by molar-refractivity contribution is 0.355. The minimum absolute atomic E-state index is 1.01. The number of aromatic nitrogens is 1.